The predicted octanol–water partition coefficient (Wildman–Crippen LogP) is 3.25. The molecule has 0 radical (unpaired) electrons. The summed E-state index contributed by atoms with van der Waals surface area (Å²) in [7, 11) is 1.59. The zero-order chi connectivity index (χ0) is 18.2. The fourth-order valence-electron chi connectivity index (χ4n) is 2.54. The van der Waals surface area contributed by atoms with Crippen LogP contribution in [0.25, 0.3) is 0 Å². The Morgan fingerprint density at radius 3 is 2.48 bits per heavy atom. The molecule has 2 amide bonds. The quantitative estimate of drug-likeness (QED) is 0.775. The molecule has 5 heteroatoms. The van der Waals surface area contributed by atoms with Crippen molar-refractivity contribution in [2.45, 2.75) is 31.3 Å². The highest BCUT2D eigenvalue weighted by molar-refractivity contribution is 8.00. The minimum Gasteiger partial charge on any atom is -0.357 e. The van der Waals surface area contributed by atoms with Gasteiger partial charge in [-0.3, -0.25) is 9.59 Å². The van der Waals surface area contributed by atoms with Crippen LogP contribution in [-0.2, 0) is 16.1 Å². The van der Waals surface area contributed by atoms with Gasteiger partial charge >= 0.3 is 0 Å². The highest BCUT2D eigenvalue weighted by Gasteiger charge is 2.25. The van der Waals surface area contributed by atoms with Crippen LogP contribution in [0.15, 0.2) is 59.5 Å². The van der Waals surface area contributed by atoms with Crippen molar-refractivity contribution in [3.8, 4) is 0 Å². The van der Waals surface area contributed by atoms with Crippen LogP contribution in [0.4, 0.5) is 0 Å². The molecule has 0 saturated carbocycles. The van der Waals surface area contributed by atoms with E-state index < -0.39 is 6.04 Å². The van der Waals surface area contributed by atoms with Crippen LogP contribution in [0.5, 0.6) is 0 Å². The van der Waals surface area contributed by atoms with Gasteiger partial charge in [0.05, 0.1) is 5.75 Å². The molecule has 0 aromatic heterocycles. The monoisotopic (exact) mass is 356 g/mol. The van der Waals surface area contributed by atoms with Gasteiger partial charge < -0.3 is 10.2 Å². The zero-order valence-corrected chi connectivity index (χ0v) is 15.7. The standard InChI is InChI=1S/C20H24N2O2S/c1-15-8-7-9-17(12-15)13-22(16(2)20(24)21-3)19(23)14-25-18-10-5-4-6-11-18/h4-12,16H,13-14H2,1-3H3,(H,21,24). The Kier molecular flexibility index (Phi) is 7.07. The average Bonchev–Trinajstić information content (AvgIpc) is 2.64. The van der Waals surface area contributed by atoms with E-state index in [4.69, 9.17) is 0 Å². The fraction of sp³-hybridized carbons (Fsp3) is 0.300. The van der Waals surface area contributed by atoms with E-state index in [1.807, 2.05) is 61.5 Å². The molecule has 2 rings (SSSR count). The predicted molar refractivity (Wildman–Crippen MR) is 102 cm³/mol. The average molecular weight is 356 g/mol. The second-order valence-corrected chi connectivity index (χ2v) is 6.95. The van der Waals surface area contributed by atoms with E-state index in [1.54, 1.807) is 18.9 Å². The summed E-state index contributed by atoms with van der Waals surface area (Å²) in [6.45, 7) is 4.20. The second-order valence-electron chi connectivity index (χ2n) is 5.90. The van der Waals surface area contributed by atoms with E-state index in [9.17, 15) is 9.59 Å². The first-order valence-electron chi connectivity index (χ1n) is 8.25. The molecular weight excluding hydrogens is 332 g/mol. The van der Waals surface area contributed by atoms with Gasteiger partial charge in [0.2, 0.25) is 11.8 Å². The van der Waals surface area contributed by atoms with Crippen molar-refractivity contribution in [2.24, 2.45) is 0 Å². The summed E-state index contributed by atoms with van der Waals surface area (Å²) in [5.41, 5.74) is 2.16. The molecule has 4 nitrogen and oxygen atoms in total. The number of thioether (sulfide) groups is 1. The Labute approximate surface area is 153 Å². The number of rotatable bonds is 7. The van der Waals surface area contributed by atoms with Crippen LogP contribution in [0.2, 0.25) is 0 Å². The topological polar surface area (TPSA) is 49.4 Å². The number of carbonyl (C=O) groups excluding carboxylic acids is 2. The largest absolute Gasteiger partial charge is 0.357 e. The van der Waals surface area contributed by atoms with Crippen LogP contribution in [-0.4, -0.2) is 35.6 Å². The summed E-state index contributed by atoms with van der Waals surface area (Å²) in [6, 6.07) is 17.3. The van der Waals surface area contributed by atoms with Gasteiger partial charge in [0.25, 0.3) is 0 Å². The Hall–Kier alpha value is -2.27. The van der Waals surface area contributed by atoms with Gasteiger partial charge in [-0.2, -0.15) is 0 Å². The Bertz CT molecular complexity index is 719. The lowest BCUT2D eigenvalue weighted by atomic mass is 10.1. The molecule has 0 aliphatic heterocycles. The highest BCUT2D eigenvalue weighted by atomic mass is 32.2. The lowest BCUT2D eigenvalue weighted by Crippen LogP contribution is -2.47. The number of hydrogen-bond donors (Lipinski definition) is 1. The van der Waals surface area contributed by atoms with Gasteiger partial charge in [-0.1, -0.05) is 48.0 Å². The van der Waals surface area contributed by atoms with Gasteiger partial charge in [0, 0.05) is 18.5 Å². The van der Waals surface area contributed by atoms with Gasteiger partial charge in [-0.15, -0.1) is 11.8 Å². The molecule has 1 N–H and O–H groups in total. The van der Waals surface area contributed by atoms with Crippen molar-refractivity contribution in [2.75, 3.05) is 12.8 Å². The number of benzene rings is 2. The molecule has 2 aromatic carbocycles. The van der Waals surface area contributed by atoms with Crippen molar-refractivity contribution in [1.82, 2.24) is 10.2 Å². The minimum atomic E-state index is -0.519. The van der Waals surface area contributed by atoms with E-state index in [0.29, 0.717) is 12.3 Å². The third-order valence-corrected chi connectivity index (χ3v) is 4.95. The van der Waals surface area contributed by atoms with Crippen molar-refractivity contribution in [3.05, 3.63) is 65.7 Å². The van der Waals surface area contributed by atoms with Crippen LogP contribution in [0.1, 0.15) is 18.1 Å². The van der Waals surface area contributed by atoms with Crippen LogP contribution in [0.3, 0.4) is 0 Å². The summed E-state index contributed by atoms with van der Waals surface area (Å²) < 4.78 is 0. The lowest BCUT2D eigenvalue weighted by molar-refractivity contribution is -0.138. The van der Waals surface area contributed by atoms with Crippen molar-refractivity contribution in [3.63, 3.8) is 0 Å². The third kappa shape index (κ3) is 5.64. The van der Waals surface area contributed by atoms with Crippen LogP contribution < -0.4 is 5.32 Å². The van der Waals surface area contributed by atoms with Crippen molar-refractivity contribution < 1.29 is 9.59 Å². The maximum Gasteiger partial charge on any atom is 0.242 e. The first kappa shape index (κ1) is 19.1. The number of aryl methyl sites for hydroxylation is 1. The molecule has 0 heterocycles. The molecule has 0 fully saturated rings. The second kappa shape index (κ2) is 9.28. The van der Waals surface area contributed by atoms with E-state index in [-0.39, 0.29) is 11.8 Å². The first-order valence-corrected chi connectivity index (χ1v) is 9.24. The fourth-order valence-corrected chi connectivity index (χ4v) is 3.35. The van der Waals surface area contributed by atoms with Crippen LogP contribution in [0, 0.1) is 6.92 Å². The van der Waals surface area contributed by atoms with E-state index in [0.717, 1.165) is 16.0 Å². The van der Waals surface area contributed by atoms with Gasteiger partial charge in [0.1, 0.15) is 6.04 Å². The summed E-state index contributed by atoms with van der Waals surface area (Å²) in [5.74, 6) is 0.0918. The van der Waals surface area contributed by atoms with Crippen LogP contribution >= 0.6 is 11.8 Å². The van der Waals surface area contributed by atoms with E-state index in [1.165, 1.54) is 11.8 Å². The summed E-state index contributed by atoms with van der Waals surface area (Å²) in [5, 5.41) is 2.63. The number of nitrogens with zero attached hydrogens (tertiary/aromatic N) is 1. The third-order valence-electron chi connectivity index (χ3n) is 3.95. The minimum absolute atomic E-state index is 0.0496. The molecule has 0 spiro atoms. The molecule has 1 unspecified atom stereocenters. The number of amides is 2. The number of nitrogens with one attached hydrogen (secondary N) is 1. The van der Waals surface area contributed by atoms with Gasteiger partial charge in [-0.25, -0.2) is 0 Å². The first-order chi connectivity index (χ1) is 12.0. The Morgan fingerprint density at radius 1 is 1.12 bits per heavy atom. The number of carbonyl (C=O) groups is 2. The van der Waals surface area contributed by atoms with Crippen molar-refractivity contribution >= 4 is 23.6 Å². The highest BCUT2D eigenvalue weighted by Crippen LogP contribution is 2.19. The van der Waals surface area contributed by atoms with Gasteiger partial charge in [0.15, 0.2) is 0 Å². The lowest BCUT2D eigenvalue weighted by Gasteiger charge is -2.28. The SMILES string of the molecule is CNC(=O)C(C)N(Cc1cccc(C)c1)C(=O)CSc1ccccc1. The number of likely N-dealkylation sites (N-methyl/N-ethyl adjacent to an activating group) is 1. The zero-order valence-electron chi connectivity index (χ0n) is 14.9. The van der Waals surface area contributed by atoms with Crippen molar-refractivity contribution in [1.29, 1.82) is 0 Å². The summed E-state index contributed by atoms with van der Waals surface area (Å²) in [4.78, 5) is 27.6. The smallest absolute Gasteiger partial charge is 0.242 e. The number of hydrogen-bond acceptors (Lipinski definition) is 3. The maximum atomic E-state index is 12.8. The molecule has 2 aromatic rings. The Balaban J connectivity index is 2.12. The molecule has 0 aliphatic rings. The molecular formula is C20H24N2O2S. The molecule has 132 valence electrons. The molecule has 25 heavy (non-hydrogen) atoms. The molecule has 1 atom stereocenters. The summed E-state index contributed by atoms with van der Waals surface area (Å²) >= 11 is 1.48. The molecule has 0 aliphatic carbocycles. The molecule has 0 bridgehead atoms. The molecule has 0 saturated heterocycles. The Morgan fingerprint density at radius 2 is 1.84 bits per heavy atom. The van der Waals surface area contributed by atoms with E-state index in [2.05, 4.69) is 5.32 Å². The van der Waals surface area contributed by atoms with Gasteiger partial charge in [-0.05, 0) is 31.5 Å². The normalized spacial score (nSPS) is 11.6. The van der Waals surface area contributed by atoms with E-state index >= 15 is 0 Å². The summed E-state index contributed by atoms with van der Waals surface area (Å²) in [6.07, 6.45) is 0. The maximum absolute atomic E-state index is 12.8.